The number of thiophene rings is 1. The van der Waals surface area contributed by atoms with Crippen LogP contribution < -0.4 is 5.32 Å². The summed E-state index contributed by atoms with van der Waals surface area (Å²) in [5, 5.41) is 18.1. The zero-order chi connectivity index (χ0) is 16.6. The van der Waals surface area contributed by atoms with Crippen molar-refractivity contribution in [1.82, 2.24) is 15.2 Å². The summed E-state index contributed by atoms with van der Waals surface area (Å²) in [5.41, 5.74) is 3.62. The molecule has 2 aromatic rings. The van der Waals surface area contributed by atoms with Gasteiger partial charge in [0.1, 0.15) is 5.75 Å². The highest BCUT2D eigenvalue weighted by atomic mass is 35.5. The molecule has 0 bridgehead atoms. The Morgan fingerprint density at radius 1 is 1.28 bits per heavy atom. The monoisotopic (exact) mass is 379 g/mol. The first-order chi connectivity index (χ1) is 11.7. The molecular formula is C19H26ClN3OS. The highest BCUT2D eigenvalue weighted by molar-refractivity contribution is 7.07. The molecule has 2 aromatic heterocycles. The summed E-state index contributed by atoms with van der Waals surface area (Å²) in [4.78, 5) is 7.12. The maximum atomic E-state index is 10.2. The van der Waals surface area contributed by atoms with Crippen LogP contribution in [-0.2, 0) is 13.1 Å². The molecule has 1 atom stereocenters. The van der Waals surface area contributed by atoms with Gasteiger partial charge in [0.25, 0.3) is 0 Å². The van der Waals surface area contributed by atoms with Crippen LogP contribution in [0, 0.1) is 12.3 Å². The number of piperidine rings is 1. The fourth-order valence-corrected chi connectivity index (χ4v) is 4.77. The Morgan fingerprint density at radius 2 is 2.08 bits per heavy atom. The van der Waals surface area contributed by atoms with Gasteiger partial charge in [-0.3, -0.25) is 9.88 Å². The first-order valence-electron chi connectivity index (χ1n) is 8.78. The van der Waals surface area contributed by atoms with Crippen LogP contribution in [-0.4, -0.2) is 34.1 Å². The number of nitrogens with zero attached hydrogens (tertiary/aromatic N) is 2. The van der Waals surface area contributed by atoms with Crippen LogP contribution in [0.1, 0.15) is 36.2 Å². The minimum atomic E-state index is 0. The Morgan fingerprint density at radius 3 is 2.80 bits per heavy atom. The van der Waals surface area contributed by atoms with Crippen LogP contribution in [0.15, 0.2) is 29.0 Å². The summed E-state index contributed by atoms with van der Waals surface area (Å²) in [7, 11) is 0. The van der Waals surface area contributed by atoms with Gasteiger partial charge in [0.2, 0.25) is 0 Å². The summed E-state index contributed by atoms with van der Waals surface area (Å²) in [6.07, 6.45) is 3.82. The molecule has 1 unspecified atom stereocenters. The Hall–Kier alpha value is -1.14. The van der Waals surface area contributed by atoms with E-state index in [4.69, 9.17) is 0 Å². The molecule has 4 nitrogen and oxygen atoms in total. The van der Waals surface area contributed by atoms with Gasteiger partial charge in [0, 0.05) is 24.8 Å². The maximum absolute atomic E-state index is 10.2. The summed E-state index contributed by atoms with van der Waals surface area (Å²) in [6, 6.07) is 6.46. The lowest BCUT2D eigenvalue weighted by Gasteiger charge is -2.29. The molecule has 2 aliphatic rings. The number of hydrogen-bond acceptors (Lipinski definition) is 5. The fraction of sp³-hybridized carbons (Fsp3) is 0.526. The fourth-order valence-electron chi connectivity index (χ4n) is 4.11. The van der Waals surface area contributed by atoms with Gasteiger partial charge in [0.05, 0.1) is 5.69 Å². The predicted molar refractivity (Wildman–Crippen MR) is 104 cm³/mol. The molecule has 0 aromatic carbocycles. The third kappa shape index (κ3) is 4.00. The van der Waals surface area contributed by atoms with E-state index < -0.39 is 0 Å². The molecule has 0 amide bonds. The van der Waals surface area contributed by atoms with Crippen molar-refractivity contribution in [3.8, 4) is 5.75 Å². The van der Waals surface area contributed by atoms with Gasteiger partial charge in [-0.15, -0.1) is 12.4 Å². The van der Waals surface area contributed by atoms with Gasteiger partial charge >= 0.3 is 0 Å². The Labute approximate surface area is 159 Å². The van der Waals surface area contributed by atoms with Crippen molar-refractivity contribution in [2.75, 3.05) is 13.1 Å². The Kier molecular flexibility index (Phi) is 5.68. The van der Waals surface area contributed by atoms with E-state index in [1.54, 1.807) is 17.4 Å². The second-order valence-corrected chi connectivity index (χ2v) is 8.07. The van der Waals surface area contributed by atoms with E-state index in [1.165, 1.54) is 24.8 Å². The number of rotatable bonds is 5. The van der Waals surface area contributed by atoms with Crippen molar-refractivity contribution >= 4 is 23.7 Å². The van der Waals surface area contributed by atoms with E-state index in [0.29, 0.717) is 17.2 Å². The van der Waals surface area contributed by atoms with E-state index in [2.05, 4.69) is 32.0 Å². The number of aryl methyl sites for hydroxylation is 1. The topological polar surface area (TPSA) is 48.4 Å². The van der Waals surface area contributed by atoms with Gasteiger partial charge in [-0.05, 0) is 79.2 Å². The van der Waals surface area contributed by atoms with Crippen LogP contribution in [0.3, 0.4) is 0 Å². The largest absolute Gasteiger partial charge is 0.506 e. The van der Waals surface area contributed by atoms with Gasteiger partial charge in [-0.1, -0.05) is 0 Å². The van der Waals surface area contributed by atoms with Crippen LogP contribution in [0.4, 0.5) is 0 Å². The molecule has 6 heteroatoms. The van der Waals surface area contributed by atoms with Crippen molar-refractivity contribution in [2.24, 2.45) is 5.41 Å². The highest BCUT2D eigenvalue weighted by Crippen LogP contribution is 2.56. The van der Waals surface area contributed by atoms with Crippen LogP contribution in [0.5, 0.6) is 5.75 Å². The van der Waals surface area contributed by atoms with Crippen molar-refractivity contribution in [2.45, 2.75) is 45.3 Å². The standard InChI is InChI=1S/C19H25N3OS.ClH/c1-14-2-3-17(23)16(21-14)12-22(11-15-4-9-24-13-15)18-10-19(18)5-7-20-8-6-19;/h2-4,9,13,18,20,23H,5-8,10-12H2,1H3;1H. The molecule has 1 saturated heterocycles. The molecule has 2 fully saturated rings. The highest BCUT2D eigenvalue weighted by Gasteiger charge is 2.56. The number of pyridine rings is 1. The first-order valence-corrected chi connectivity index (χ1v) is 9.72. The quantitative estimate of drug-likeness (QED) is 0.831. The second-order valence-electron chi connectivity index (χ2n) is 7.29. The minimum Gasteiger partial charge on any atom is -0.506 e. The predicted octanol–water partition coefficient (Wildman–Crippen LogP) is 3.72. The minimum absolute atomic E-state index is 0. The molecule has 3 heterocycles. The lowest BCUT2D eigenvalue weighted by atomic mass is 9.93. The van der Waals surface area contributed by atoms with Gasteiger partial charge in [-0.2, -0.15) is 11.3 Å². The molecule has 136 valence electrons. The maximum Gasteiger partial charge on any atom is 0.138 e. The molecule has 1 aliphatic heterocycles. The van der Waals surface area contributed by atoms with E-state index in [1.807, 2.05) is 13.0 Å². The van der Waals surface area contributed by atoms with E-state index in [0.717, 1.165) is 37.6 Å². The van der Waals surface area contributed by atoms with Crippen molar-refractivity contribution in [1.29, 1.82) is 0 Å². The average molecular weight is 380 g/mol. The lowest BCUT2D eigenvalue weighted by molar-refractivity contribution is 0.184. The van der Waals surface area contributed by atoms with E-state index >= 15 is 0 Å². The Balaban J connectivity index is 0.00000182. The van der Waals surface area contributed by atoms with Crippen molar-refractivity contribution in [3.63, 3.8) is 0 Å². The van der Waals surface area contributed by atoms with Crippen LogP contribution in [0.2, 0.25) is 0 Å². The number of hydrogen-bond donors (Lipinski definition) is 2. The van der Waals surface area contributed by atoms with Crippen LogP contribution in [0.25, 0.3) is 0 Å². The Bertz CT molecular complexity index is 701. The summed E-state index contributed by atoms with van der Waals surface area (Å²) in [6.45, 7) is 5.92. The zero-order valence-electron chi connectivity index (χ0n) is 14.6. The number of aromatic nitrogens is 1. The first kappa shape index (κ1) is 18.6. The van der Waals surface area contributed by atoms with Crippen LogP contribution >= 0.6 is 23.7 Å². The third-order valence-electron chi connectivity index (χ3n) is 5.59. The summed E-state index contributed by atoms with van der Waals surface area (Å²) in [5.74, 6) is 0.316. The lowest BCUT2D eigenvalue weighted by Crippen LogP contribution is -2.35. The van der Waals surface area contributed by atoms with Gasteiger partial charge < -0.3 is 10.4 Å². The number of nitrogens with one attached hydrogen (secondary N) is 1. The normalized spacial score (nSPS) is 21.3. The zero-order valence-corrected chi connectivity index (χ0v) is 16.2. The molecule has 4 rings (SSSR count). The molecule has 1 aliphatic carbocycles. The summed E-state index contributed by atoms with van der Waals surface area (Å²) < 4.78 is 0. The van der Waals surface area contributed by atoms with Crippen molar-refractivity contribution < 1.29 is 5.11 Å². The molecule has 1 saturated carbocycles. The van der Waals surface area contributed by atoms with E-state index in [-0.39, 0.29) is 12.4 Å². The van der Waals surface area contributed by atoms with E-state index in [9.17, 15) is 5.11 Å². The molecule has 2 N–H and O–H groups in total. The smallest absolute Gasteiger partial charge is 0.138 e. The number of aromatic hydroxyl groups is 1. The van der Waals surface area contributed by atoms with Gasteiger partial charge in [0.15, 0.2) is 0 Å². The molecule has 1 spiro atoms. The molecule has 0 radical (unpaired) electrons. The van der Waals surface area contributed by atoms with Crippen molar-refractivity contribution in [3.05, 3.63) is 45.9 Å². The van der Waals surface area contributed by atoms with Gasteiger partial charge in [-0.25, -0.2) is 0 Å². The summed E-state index contributed by atoms with van der Waals surface area (Å²) >= 11 is 1.75. The average Bonchev–Trinajstić information content (AvgIpc) is 3.02. The number of halogens is 1. The second kappa shape index (κ2) is 7.62. The third-order valence-corrected chi connectivity index (χ3v) is 6.33. The SMILES string of the molecule is Cc1ccc(O)c(CN(Cc2ccsc2)C2CC23CCNCC3)n1.Cl. The molecular weight excluding hydrogens is 354 g/mol. The molecule has 25 heavy (non-hydrogen) atoms.